The van der Waals surface area contributed by atoms with Gasteiger partial charge in [0.1, 0.15) is 0 Å². The molecule has 0 bridgehead atoms. The third-order valence-corrected chi connectivity index (χ3v) is 11.8. The van der Waals surface area contributed by atoms with E-state index in [2.05, 4.69) is 194 Å². The fraction of sp³-hybridized carbons (Fsp3) is 0.0588. The van der Waals surface area contributed by atoms with Crippen molar-refractivity contribution < 1.29 is 0 Å². The molecule has 1 aromatic heterocycles. The molecule has 1 heterocycles. The Morgan fingerprint density at radius 1 is 0.365 bits per heavy atom. The summed E-state index contributed by atoms with van der Waals surface area (Å²) in [5, 5.41) is 10.3. The summed E-state index contributed by atoms with van der Waals surface area (Å²) in [5.41, 5.74) is 14.1. The summed E-state index contributed by atoms with van der Waals surface area (Å²) >= 11 is 0. The smallest absolute Gasteiger partial charge is 0.0626 e. The molecule has 1 aliphatic rings. The van der Waals surface area contributed by atoms with Crippen LogP contribution < -0.4 is 0 Å². The van der Waals surface area contributed by atoms with Crippen LogP contribution in [0.15, 0.2) is 176 Å². The van der Waals surface area contributed by atoms with Crippen molar-refractivity contribution in [2.24, 2.45) is 0 Å². The minimum atomic E-state index is -0.0271. The fourth-order valence-corrected chi connectivity index (χ4v) is 9.34. The third-order valence-electron chi connectivity index (χ3n) is 11.8. The second kappa shape index (κ2) is 10.8. The Morgan fingerprint density at radius 3 is 1.79 bits per heavy atom. The van der Waals surface area contributed by atoms with Crippen molar-refractivity contribution in [3.05, 3.63) is 187 Å². The van der Waals surface area contributed by atoms with Crippen LogP contribution in [-0.4, -0.2) is 4.57 Å². The van der Waals surface area contributed by atoms with E-state index in [1.165, 1.54) is 104 Å². The monoisotopic (exact) mass is 661 g/mol. The summed E-state index contributed by atoms with van der Waals surface area (Å²) in [6.45, 7) is 4.71. The molecule has 10 aromatic rings. The molecule has 9 aromatic carbocycles. The first-order chi connectivity index (χ1) is 25.6. The predicted molar refractivity (Wildman–Crippen MR) is 222 cm³/mol. The second-order valence-corrected chi connectivity index (χ2v) is 14.9. The molecular weight excluding hydrogens is 627 g/mol. The largest absolute Gasteiger partial charge is 0.309 e. The highest BCUT2D eigenvalue weighted by molar-refractivity contribution is 6.38. The van der Waals surface area contributed by atoms with Gasteiger partial charge in [0.05, 0.1) is 11.0 Å². The lowest BCUT2D eigenvalue weighted by Gasteiger charge is -2.22. The van der Waals surface area contributed by atoms with E-state index in [-0.39, 0.29) is 5.41 Å². The Labute approximate surface area is 303 Å². The van der Waals surface area contributed by atoms with Gasteiger partial charge in [0.15, 0.2) is 0 Å². The summed E-state index contributed by atoms with van der Waals surface area (Å²) in [6.07, 6.45) is 0. The van der Waals surface area contributed by atoms with Crippen LogP contribution in [0.5, 0.6) is 0 Å². The van der Waals surface area contributed by atoms with Crippen LogP contribution in [0.4, 0.5) is 0 Å². The molecular formula is C51H35N. The molecule has 0 saturated heterocycles. The maximum absolute atomic E-state index is 2.50. The highest BCUT2D eigenvalue weighted by Gasteiger charge is 2.35. The molecule has 0 radical (unpaired) electrons. The summed E-state index contributed by atoms with van der Waals surface area (Å²) < 4.78 is 2.50. The SMILES string of the molecule is CC1(C)c2ccccc2-c2ccc(-c3ccc(-n4c5ccccc5c5c6c7ccccc7c(-c7ccccc7)cc6c6ccccc6c54)cc3)cc21. The molecule has 0 atom stereocenters. The topological polar surface area (TPSA) is 4.93 Å². The maximum atomic E-state index is 2.50. The number of hydrogen-bond donors (Lipinski definition) is 0. The van der Waals surface area contributed by atoms with Crippen LogP contribution in [0.1, 0.15) is 25.0 Å². The van der Waals surface area contributed by atoms with Gasteiger partial charge in [-0.15, -0.1) is 0 Å². The average molecular weight is 662 g/mol. The van der Waals surface area contributed by atoms with Crippen LogP contribution in [-0.2, 0) is 5.41 Å². The lowest BCUT2D eigenvalue weighted by Crippen LogP contribution is -2.14. The molecule has 1 nitrogen and oxygen atoms in total. The van der Waals surface area contributed by atoms with Crippen molar-refractivity contribution in [3.8, 4) is 39.1 Å². The van der Waals surface area contributed by atoms with Crippen molar-refractivity contribution in [1.82, 2.24) is 4.57 Å². The Morgan fingerprint density at radius 2 is 0.981 bits per heavy atom. The Balaban J connectivity index is 1.16. The van der Waals surface area contributed by atoms with Crippen LogP contribution in [0.25, 0.3) is 93.2 Å². The highest BCUT2D eigenvalue weighted by atomic mass is 15.0. The van der Waals surface area contributed by atoms with Crippen LogP contribution in [0.3, 0.4) is 0 Å². The van der Waals surface area contributed by atoms with Crippen molar-refractivity contribution in [2.75, 3.05) is 0 Å². The molecule has 11 rings (SSSR count). The first-order valence-electron chi connectivity index (χ1n) is 18.3. The van der Waals surface area contributed by atoms with Crippen LogP contribution in [0, 0.1) is 0 Å². The Kier molecular flexibility index (Phi) is 6.08. The lowest BCUT2D eigenvalue weighted by molar-refractivity contribution is 0.660. The summed E-state index contributed by atoms with van der Waals surface area (Å²) in [4.78, 5) is 0. The van der Waals surface area contributed by atoms with Gasteiger partial charge in [0.25, 0.3) is 0 Å². The minimum absolute atomic E-state index is 0.0271. The van der Waals surface area contributed by atoms with Gasteiger partial charge in [0.2, 0.25) is 0 Å². The molecule has 1 aliphatic carbocycles. The van der Waals surface area contributed by atoms with Crippen molar-refractivity contribution in [3.63, 3.8) is 0 Å². The molecule has 52 heavy (non-hydrogen) atoms. The van der Waals surface area contributed by atoms with Gasteiger partial charge < -0.3 is 4.57 Å². The molecule has 0 saturated carbocycles. The zero-order valence-electron chi connectivity index (χ0n) is 29.2. The second-order valence-electron chi connectivity index (χ2n) is 14.9. The molecule has 0 fully saturated rings. The van der Waals surface area contributed by atoms with E-state index in [9.17, 15) is 0 Å². The maximum Gasteiger partial charge on any atom is 0.0626 e. The summed E-state index contributed by atoms with van der Waals surface area (Å²) in [7, 11) is 0. The molecule has 0 amide bonds. The minimum Gasteiger partial charge on any atom is -0.309 e. The van der Waals surface area contributed by atoms with E-state index in [0.717, 1.165) is 0 Å². The number of hydrogen-bond acceptors (Lipinski definition) is 0. The van der Waals surface area contributed by atoms with Gasteiger partial charge >= 0.3 is 0 Å². The lowest BCUT2D eigenvalue weighted by atomic mass is 9.81. The molecule has 0 aliphatic heterocycles. The van der Waals surface area contributed by atoms with Crippen molar-refractivity contribution in [1.29, 1.82) is 0 Å². The number of benzene rings is 9. The van der Waals surface area contributed by atoms with Crippen LogP contribution in [0.2, 0.25) is 0 Å². The number of aromatic nitrogens is 1. The first-order valence-corrected chi connectivity index (χ1v) is 18.3. The standard InChI is InChI=1S/C51H35N/c1-51(2)45-22-12-10-18-38(45)39-29-26-34(30-46(39)51)32-24-27-35(28-25-32)52-47-23-13-11-21-42(47)49-48-40-19-8-6-16-36(40)43(33-14-4-3-5-15-33)31-44(48)37-17-7-9-20-41(37)50(49)52/h3-31H,1-2H3. The summed E-state index contributed by atoms with van der Waals surface area (Å²) in [5.74, 6) is 0. The van der Waals surface area contributed by atoms with Gasteiger partial charge in [-0.05, 0) is 96.4 Å². The Bertz CT molecular complexity index is 3070. The molecule has 1 heteroatoms. The van der Waals surface area contributed by atoms with Gasteiger partial charge in [-0.1, -0.05) is 159 Å². The fourth-order valence-electron chi connectivity index (χ4n) is 9.34. The first kappa shape index (κ1) is 29.3. The number of fused-ring (bicyclic) bond motifs is 13. The number of rotatable bonds is 3. The summed E-state index contributed by atoms with van der Waals surface area (Å²) in [6, 6.07) is 65.3. The van der Waals surface area contributed by atoms with E-state index in [1.807, 2.05) is 0 Å². The van der Waals surface area contributed by atoms with E-state index < -0.39 is 0 Å². The van der Waals surface area contributed by atoms with E-state index in [4.69, 9.17) is 0 Å². The molecule has 0 N–H and O–H groups in total. The number of nitrogens with zero attached hydrogens (tertiary/aromatic N) is 1. The third kappa shape index (κ3) is 3.99. The van der Waals surface area contributed by atoms with Gasteiger partial charge in [-0.2, -0.15) is 0 Å². The van der Waals surface area contributed by atoms with E-state index in [0.29, 0.717) is 0 Å². The highest BCUT2D eigenvalue weighted by Crippen LogP contribution is 2.50. The number of para-hydroxylation sites is 1. The van der Waals surface area contributed by atoms with Crippen LogP contribution >= 0.6 is 0 Å². The average Bonchev–Trinajstić information content (AvgIpc) is 3.67. The molecule has 244 valence electrons. The normalized spacial score (nSPS) is 13.3. The zero-order chi connectivity index (χ0) is 34.6. The Hall–Kier alpha value is -6.44. The van der Waals surface area contributed by atoms with Gasteiger partial charge in [0, 0.05) is 32.6 Å². The van der Waals surface area contributed by atoms with Crippen molar-refractivity contribution in [2.45, 2.75) is 19.3 Å². The zero-order valence-corrected chi connectivity index (χ0v) is 29.2. The molecule has 0 unspecified atom stereocenters. The van der Waals surface area contributed by atoms with Crippen molar-refractivity contribution >= 4 is 54.1 Å². The molecule has 0 spiro atoms. The quantitative estimate of drug-likeness (QED) is 0.166. The van der Waals surface area contributed by atoms with Gasteiger partial charge in [-0.25, -0.2) is 0 Å². The van der Waals surface area contributed by atoms with E-state index in [1.54, 1.807) is 0 Å². The predicted octanol–water partition coefficient (Wildman–Crippen LogP) is 13.9. The van der Waals surface area contributed by atoms with E-state index >= 15 is 0 Å². The van der Waals surface area contributed by atoms with Gasteiger partial charge in [-0.3, -0.25) is 0 Å².